The van der Waals surface area contributed by atoms with Gasteiger partial charge in [-0.25, -0.2) is 18.6 Å². The quantitative estimate of drug-likeness (QED) is 0.667. The molecule has 7 nitrogen and oxygen atoms in total. The van der Waals surface area contributed by atoms with Gasteiger partial charge in [-0.2, -0.15) is 0 Å². The number of para-hydroxylation sites is 2. The van der Waals surface area contributed by atoms with Gasteiger partial charge in [0.15, 0.2) is 5.58 Å². The number of rotatable bonds is 4. The van der Waals surface area contributed by atoms with Crippen molar-refractivity contribution in [2.45, 2.75) is 82.3 Å². The number of carbonyl (C=O) groups is 1. The molecule has 1 saturated carbocycles. The predicted molar refractivity (Wildman–Crippen MR) is 135 cm³/mol. The van der Waals surface area contributed by atoms with E-state index in [-0.39, 0.29) is 23.9 Å². The summed E-state index contributed by atoms with van der Waals surface area (Å²) in [4.78, 5) is 24.1. The van der Waals surface area contributed by atoms with Gasteiger partial charge < -0.3 is 14.6 Å². The van der Waals surface area contributed by atoms with Crippen LogP contribution < -0.4 is 5.32 Å². The first-order chi connectivity index (χ1) is 17.2. The third-order valence-corrected chi connectivity index (χ3v) is 8.64. The molecule has 9 heteroatoms. The molecule has 0 spiro atoms. The lowest BCUT2D eigenvalue weighted by Gasteiger charge is -2.48. The van der Waals surface area contributed by atoms with Crippen molar-refractivity contribution in [1.29, 1.82) is 0 Å². The topological polar surface area (TPSA) is 64.8 Å². The molecule has 3 aliphatic rings. The molecular formula is C27H39F2N5O2. The summed E-state index contributed by atoms with van der Waals surface area (Å²) in [7, 11) is 0. The van der Waals surface area contributed by atoms with Crippen LogP contribution in [0.4, 0.5) is 13.6 Å². The highest BCUT2D eigenvalue weighted by atomic mass is 19.3. The molecule has 2 atom stereocenters. The van der Waals surface area contributed by atoms with Crippen LogP contribution in [0.1, 0.15) is 58.8 Å². The number of oxazole rings is 1. The number of hydrogen-bond acceptors (Lipinski definition) is 5. The lowest BCUT2D eigenvalue weighted by molar-refractivity contribution is -0.0973. The molecule has 0 bridgehead atoms. The molecule has 2 saturated heterocycles. The van der Waals surface area contributed by atoms with E-state index in [0.29, 0.717) is 50.7 Å². The van der Waals surface area contributed by atoms with Crippen LogP contribution >= 0.6 is 0 Å². The molecule has 2 aromatic rings. The summed E-state index contributed by atoms with van der Waals surface area (Å²) in [5, 5.41) is 2.79. The van der Waals surface area contributed by atoms with Crippen molar-refractivity contribution in [3.05, 3.63) is 30.2 Å². The fourth-order valence-corrected chi connectivity index (χ4v) is 6.10. The zero-order valence-electron chi connectivity index (χ0n) is 21.7. The summed E-state index contributed by atoms with van der Waals surface area (Å²) in [6, 6.07) is 6.27. The van der Waals surface area contributed by atoms with E-state index in [1.807, 2.05) is 24.3 Å². The first-order valence-electron chi connectivity index (χ1n) is 13.4. The lowest BCUT2D eigenvalue weighted by atomic mass is 9.80. The first-order valence-corrected chi connectivity index (χ1v) is 13.4. The Balaban J connectivity index is 1.23. The lowest BCUT2D eigenvalue weighted by Crippen LogP contribution is -2.66. The number of piperazine rings is 1. The summed E-state index contributed by atoms with van der Waals surface area (Å²) in [6.45, 7) is 10.7. The third kappa shape index (κ3) is 4.96. The van der Waals surface area contributed by atoms with Crippen LogP contribution in [-0.4, -0.2) is 89.0 Å². The van der Waals surface area contributed by atoms with E-state index in [1.165, 1.54) is 0 Å². The molecule has 2 aliphatic heterocycles. The van der Waals surface area contributed by atoms with E-state index >= 15 is 8.78 Å². The average Bonchev–Trinajstić information content (AvgIpc) is 3.31. The molecule has 3 heterocycles. The van der Waals surface area contributed by atoms with Crippen LogP contribution in [0, 0.1) is 0 Å². The number of benzene rings is 1. The number of nitrogens with one attached hydrogen (secondary N) is 1. The largest absolute Gasteiger partial charge is 0.440 e. The Bertz CT molecular complexity index is 1020. The zero-order valence-corrected chi connectivity index (χ0v) is 21.7. The molecule has 0 radical (unpaired) electrons. The maximum atomic E-state index is 15.2. The second-order valence-corrected chi connectivity index (χ2v) is 11.3. The highest BCUT2D eigenvalue weighted by Crippen LogP contribution is 2.38. The third-order valence-electron chi connectivity index (χ3n) is 8.64. The Labute approximate surface area is 212 Å². The van der Waals surface area contributed by atoms with Crippen molar-refractivity contribution in [3.63, 3.8) is 0 Å². The van der Waals surface area contributed by atoms with E-state index in [1.54, 1.807) is 4.90 Å². The van der Waals surface area contributed by atoms with Crippen molar-refractivity contribution in [2.24, 2.45) is 0 Å². The SMILES string of the molecule is CC(C)N1CCN([C@H]2CCCC(F)(F)[C@@H]2NC(=O)N2CCC(C)(c3nc4ccccc4o3)CC2)CC1. The van der Waals surface area contributed by atoms with E-state index in [9.17, 15) is 4.79 Å². The number of amides is 2. The van der Waals surface area contributed by atoms with Crippen molar-refractivity contribution in [2.75, 3.05) is 39.3 Å². The Morgan fingerprint density at radius 3 is 2.44 bits per heavy atom. The molecule has 1 aliphatic carbocycles. The molecule has 36 heavy (non-hydrogen) atoms. The van der Waals surface area contributed by atoms with Gasteiger partial charge in [-0.1, -0.05) is 19.1 Å². The molecule has 1 N–H and O–H groups in total. The van der Waals surface area contributed by atoms with Crippen LogP contribution in [0.15, 0.2) is 28.7 Å². The van der Waals surface area contributed by atoms with Gasteiger partial charge in [0, 0.05) is 63.2 Å². The van der Waals surface area contributed by atoms with Gasteiger partial charge in [-0.15, -0.1) is 0 Å². The number of piperidine rings is 1. The molecule has 198 valence electrons. The second kappa shape index (κ2) is 9.89. The van der Waals surface area contributed by atoms with Gasteiger partial charge >= 0.3 is 6.03 Å². The highest BCUT2D eigenvalue weighted by Gasteiger charge is 2.50. The second-order valence-electron chi connectivity index (χ2n) is 11.3. The summed E-state index contributed by atoms with van der Waals surface area (Å²) in [6.07, 6.45) is 2.36. The van der Waals surface area contributed by atoms with Gasteiger partial charge in [0.2, 0.25) is 5.89 Å². The van der Waals surface area contributed by atoms with Gasteiger partial charge in [-0.05, 0) is 51.7 Å². The number of hydrogen-bond donors (Lipinski definition) is 1. The average molecular weight is 504 g/mol. The first kappa shape index (κ1) is 25.4. The Hall–Kier alpha value is -2.26. The zero-order chi connectivity index (χ0) is 25.5. The fourth-order valence-electron chi connectivity index (χ4n) is 6.10. The molecule has 1 aromatic carbocycles. The minimum atomic E-state index is -2.91. The van der Waals surface area contributed by atoms with E-state index in [2.05, 4.69) is 40.9 Å². The van der Waals surface area contributed by atoms with Crippen molar-refractivity contribution in [1.82, 2.24) is 25.0 Å². The highest BCUT2D eigenvalue weighted by molar-refractivity contribution is 5.75. The number of alkyl halides is 2. The maximum Gasteiger partial charge on any atom is 0.317 e. The Morgan fingerprint density at radius 2 is 1.78 bits per heavy atom. The number of nitrogens with zero attached hydrogens (tertiary/aromatic N) is 4. The number of urea groups is 1. The summed E-state index contributed by atoms with van der Waals surface area (Å²) in [5.41, 5.74) is 1.30. The summed E-state index contributed by atoms with van der Waals surface area (Å²) >= 11 is 0. The Morgan fingerprint density at radius 1 is 1.08 bits per heavy atom. The number of aromatic nitrogens is 1. The van der Waals surface area contributed by atoms with Crippen LogP contribution in [0.25, 0.3) is 11.1 Å². The van der Waals surface area contributed by atoms with Crippen molar-refractivity contribution in [3.8, 4) is 0 Å². The summed E-state index contributed by atoms with van der Waals surface area (Å²) < 4.78 is 36.3. The number of likely N-dealkylation sites (tertiary alicyclic amines) is 1. The monoisotopic (exact) mass is 503 g/mol. The van der Waals surface area contributed by atoms with Gasteiger partial charge in [-0.3, -0.25) is 9.80 Å². The number of carbonyl (C=O) groups excluding carboxylic acids is 1. The fraction of sp³-hybridized carbons (Fsp3) is 0.704. The smallest absolute Gasteiger partial charge is 0.317 e. The predicted octanol–water partition coefficient (Wildman–Crippen LogP) is 4.47. The van der Waals surface area contributed by atoms with E-state index in [4.69, 9.17) is 4.42 Å². The number of halogens is 2. The van der Waals surface area contributed by atoms with Gasteiger partial charge in [0.1, 0.15) is 11.6 Å². The molecule has 2 amide bonds. The van der Waals surface area contributed by atoms with Crippen LogP contribution in [-0.2, 0) is 5.41 Å². The molecular weight excluding hydrogens is 464 g/mol. The van der Waals surface area contributed by atoms with Crippen LogP contribution in [0.2, 0.25) is 0 Å². The van der Waals surface area contributed by atoms with Crippen LogP contribution in [0.3, 0.4) is 0 Å². The van der Waals surface area contributed by atoms with Gasteiger partial charge in [0.05, 0.1) is 0 Å². The minimum absolute atomic E-state index is 0.170. The standard InChI is InChI=1S/C27H39F2N5O2/c1-19(2)32-15-17-33(18-16-32)21-8-6-10-27(28,29)23(21)31-25(35)34-13-11-26(3,12-14-34)24-30-20-7-4-5-9-22(20)36-24/h4-5,7,9,19,21,23H,6,8,10-18H2,1-3H3,(H,31,35)/t21-,23+/m0/s1. The van der Waals surface area contributed by atoms with Crippen LogP contribution in [0.5, 0.6) is 0 Å². The van der Waals surface area contributed by atoms with Crippen molar-refractivity contribution < 1.29 is 18.0 Å². The molecule has 3 fully saturated rings. The van der Waals surface area contributed by atoms with E-state index in [0.717, 1.165) is 37.3 Å². The van der Waals surface area contributed by atoms with Gasteiger partial charge in [0.25, 0.3) is 5.92 Å². The molecule has 0 unspecified atom stereocenters. The Kier molecular flexibility index (Phi) is 6.98. The van der Waals surface area contributed by atoms with Crippen molar-refractivity contribution >= 4 is 17.1 Å². The maximum absolute atomic E-state index is 15.2. The normalized spacial score (nSPS) is 27.4. The molecule has 5 rings (SSSR count). The molecule has 1 aromatic heterocycles. The number of fused-ring (bicyclic) bond motifs is 1. The van der Waals surface area contributed by atoms with E-state index < -0.39 is 12.0 Å². The summed E-state index contributed by atoms with van der Waals surface area (Å²) in [5.74, 6) is -2.22. The minimum Gasteiger partial charge on any atom is -0.440 e.